The van der Waals surface area contributed by atoms with Gasteiger partial charge in [0.15, 0.2) is 5.78 Å². The molecule has 5 heteroatoms. The summed E-state index contributed by atoms with van der Waals surface area (Å²) >= 11 is 0. The lowest BCUT2D eigenvalue weighted by Gasteiger charge is -2.06. The van der Waals surface area contributed by atoms with Crippen LogP contribution in [0.3, 0.4) is 0 Å². The Morgan fingerprint density at radius 2 is 1.95 bits per heavy atom. The average Bonchev–Trinajstić information content (AvgIpc) is 2.91. The van der Waals surface area contributed by atoms with Crippen LogP contribution in [-0.2, 0) is 0 Å². The van der Waals surface area contributed by atoms with Gasteiger partial charge in [0, 0.05) is 17.4 Å². The second-order valence-corrected chi connectivity index (χ2v) is 4.27. The minimum Gasteiger partial charge on any atom is -0.494 e. The molecule has 0 radical (unpaired) electrons. The lowest BCUT2D eigenvalue weighted by atomic mass is 10.2. The third kappa shape index (κ3) is 3.26. The van der Waals surface area contributed by atoms with Crippen molar-refractivity contribution in [1.29, 1.82) is 0 Å². The van der Waals surface area contributed by atoms with Crippen LogP contribution in [0, 0.1) is 0 Å². The molecule has 2 rings (SSSR count). The lowest BCUT2D eigenvalue weighted by molar-refractivity contribution is 0.101. The fourth-order valence-corrected chi connectivity index (χ4v) is 1.73. The second kappa shape index (κ2) is 6.06. The number of carbonyl (C=O) groups excluding carboxylic acids is 2. The summed E-state index contributed by atoms with van der Waals surface area (Å²) in [6.07, 6.45) is 1.52. The minimum atomic E-state index is -0.290. The van der Waals surface area contributed by atoms with Gasteiger partial charge in [0.05, 0.1) is 6.61 Å². The third-order valence-corrected chi connectivity index (χ3v) is 2.76. The van der Waals surface area contributed by atoms with Gasteiger partial charge < -0.3 is 15.0 Å². The number of benzene rings is 1. The molecule has 0 bridgehead atoms. The van der Waals surface area contributed by atoms with Gasteiger partial charge in [-0.2, -0.15) is 0 Å². The summed E-state index contributed by atoms with van der Waals surface area (Å²) in [5.41, 5.74) is 1.50. The summed E-state index contributed by atoms with van der Waals surface area (Å²) in [5.74, 6) is 0.382. The number of hydrogen-bond donors (Lipinski definition) is 2. The fourth-order valence-electron chi connectivity index (χ4n) is 1.73. The molecular weight excluding hydrogens is 256 g/mol. The molecule has 1 aromatic carbocycles. The Kier molecular flexibility index (Phi) is 4.20. The van der Waals surface area contributed by atoms with E-state index in [2.05, 4.69) is 10.3 Å². The molecule has 0 unspecified atom stereocenters. The number of H-pyrrole nitrogens is 1. The predicted molar refractivity (Wildman–Crippen MR) is 76.4 cm³/mol. The molecule has 1 heterocycles. The van der Waals surface area contributed by atoms with E-state index in [-0.39, 0.29) is 11.7 Å². The van der Waals surface area contributed by atoms with E-state index < -0.39 is 0 Å². The Morgan fingerprint density at radius 3 is 2.50 bits per heavy atom. The highest BCUT2D eigenvalue weighted by Crippen LogP contribution is 2.16. The van der Waals surface area contributed by atoms with Gasteiger partial charge in [-0.1, -0.05) is 0 Å². The molecule has 1 aromatic heterocycles. The molecular formula is C15H16N2O3. The van der Waals surface area contributed by atoms with Gasteiger partial charge >= 0.3 is 0 Å². The summed E-state index contributed by atoms with van der Waals surface area (Å²) in [5, 5.41) is 2.74. The molecule has 0 atom stereocenters. The van der Waals surface area contributed by atoms with Crippen LogP contribution in [0.1, 0.15) is 34.7 Å². The SMILES string of the molecule is CCOc1ccc(NC(=O)c2cc(C(C)=O)c[nH]2)cc1. The Bertz CT molecular complexity index is 614. The van der Waals surface area contributed by atoms with E-state index in [1.54, 1.807) is 24.3 Å². The first-order valence-corrected chi connectivity index (χ1v) is 6.33. The number of aromatic nitrogens is 1. The van der Waals surface area contributed by atoms with E-state index in [1.165, 1.54) is 19.2 Å². The summed E-state index contributed by atoms with van der Waals surface area (Å²) in [6, 6.07) is 8.63. The van der Waals surface area contributed by atoms with Gasteiger partial charge in [0.1, 0.15) is 11.4 Å². The first-order chi connectivity index (χ1) is 9.60. The van der Waals surface area contributed by atoms with Crippen molar-refractivity contribution in [2.24, 2.45) is 0 Å². The van der Waals surface area contributed by atoms with Crippen LogP contribution in [0.4, 0.5) is 5.69 Å². The maximum atomic E-state index is 12.0. The predicted octanol–water partition coefficient (Wildman–Crippen LogP) is 2.87. The van der Waals surface area contributed by atoms with Gasteiger partial charge in [0.2, 0.25) is 0 Å². The fraction of sp³-hybridized carbons (Fsp3) is 0.200. The number of amides is 1. The smallest absolute Gasteiger partial charge is 0.272 e. The van der Waals surface area contributed by atoms with E-state index in [4.69, 9.17) is 4.74 Å². The number of nitrogens with one attached hydrogen (secondary N) is 2. The molecule has 20 heavy (non-hydrogen) atoms. The van der Waals surface area contributed by atoms with Crippen molar-refractivity contribution in [3.8, 4) is 5.75 Å². The standard InChI is InChI=1S/C15H16N2O3/c1-3-20-13-6-4-12(5-7-13)17-15(19)14-8-11(9-16-14)10(2)18/h4-9,16H,3H2,1-2H3,(H,17,19). The third-order valence-electron chi connectivity index (χ3n) is 2.76. The van der Waals surface area contributed by atoms with Crippen molar-refractivity contribution in [3.63, 3.8) is 0 Å². The molecule has 5 nitrogen and oxygen atoms in total. The van der Waals surface area contributed by atoms with E-state index in [0.717, 1.165) is 5.75 Å². The molecule has 0 fully saturated rings. The first kappa shape index (κ1) is 13.9. The van der Waals surface area contributed by atoms with Gasteiger partial charge in [0.25, 0.3) is 5.91 Å². The van der Waals surface area contributed by atoms with Crippen molar-refractivity contribution in [2.75, 3.05) is 11.9 Å². The number of Topliss-reactive ketones (excluding diaryl/α,β-unsaturated/α-hetero) is 1. The number of hydrogen-bond acceptors (Lipinski definition) is 3. The van der Waals surface area contributed by atoms with Gasteiger partial charge in [-0.25, -0.2) is 0 Å². The highest BCUT2D eigenvalue weighted by atomic mass is 16.5. The number of ketones is 1. The van der Waals surface area contributed by atoms with Crippen LogP contribution >= 0.6 is 0 Å². The zero-order valence-electron chi connectivity index (χ0n) is 11.4. The minimum absolute atomic E-state index is 0.0821. The number of anilines is 1. The topological polar surface area (TPSA) is 71.2 Å². The normalized spacial score (nSPS) is 10.1. The molecule has 0 aliphatic rings. The van der Waals surface area contributed by atoms with Crippen molar-refractivity contribution in [3.05, 3.63) is 47.8 Å². The number of carbonyl (C=O) groups is 2. The molecule has 0 aliphatic heterocycles. The molecule has 2 aromatic rings. The molecule has 0 saturated carbocycles. The van der Waals surface area contributed by atoms with Crippen LogP contribution < -0.4 is 10.1 Å². The highest BCUT2D eigenvalue weighted by Gasteiger charge is 2.10. The Morgan fingerprint density at radius 1 is 1.25 bits per heavy atom. The van der Waals surface area contributed by atoms with Crippen LogP contribution in [0.5, 0.6) is 5.75 Å². The summed E-state index contributed by atoms with van der Waals surface area (Å²) in [4.78, 5) is 25.9. The average molecular weight is 272 g/mol. The van der Waals surface area contributed by atoms with Gasteiger partial charge in [-0.3, -0.25) is 9.59 Å². The van der Waals surface area contributed by atoms with E-state index in [0.29, 0.717) is 23.6 Å². The van der Waals surface area contributed by atoms with Crippen LogP contribution in [0.25, 0.3) is 0 Å². The zero-order chi connectivity index (χ0) is 14.5. The summed E-state index contributed by atoms with van der Waals surface area (Å²) in [6.45, 7) is 3.97. The van der Waals surface area contributed by atoms with Crippen LogP contribution in [-0.4, -0.2) is 23.3 Å². The monoisotopic (exact) mass is 272 g/mol. The molecule has 104 valence electrons. The van der Waals surface area contributed by atoms with Gasteiger partial charge in [-0.05, 0) is 44.2 Å². The van der Waals surface area contributed by atoms with Crippen LogP contribution in [0.2, 0.25) is 0 Å². The largest absolute Gasteiger partial charge is 0.494 e. The Balaban J connectivity index is 2.04. The zero-order valence-corrected chi connectivity index (χ0v) is 11.4. The molecule has 0 spiro atoms. The van der Waals surface area contributed by atoms with E-state index >= 15 is 0 Å². The second-order valence-electron chi connectivity index (χ2n) is 4.27. The quantitative estimate of drug-likeness (QED) is 0.822. The maximum absolute atomic E-state index is 12.0. The highest BCUT2D eigenvalue weighted by molar-refractivity contribution is 6.05. The summed E-state index contributed by atoms with van der Waals surface area (Å²) in [7, 11) is 0. The van der Waals surface area contributed by atoms with Crippen molar-refractivity contribution >= 4 is 17.4 Å². The Hall–Kier alpha value is -2.56. The summed E-state index contributed by atoms with van der Waals surface area (Å²) < 4.78 is 5.32. The molecule has 1 amide bonds. The van der Waals surface area contributed by atoms with Gasteiger partial charge in [-0.15, -0.1) is 0 Å². The lowest BCUT2D eigenvalue weighted by Crippen LogP contribution is -2.12. The molecule has 0 aliphatic carbocycles. The number of rotatable bonds is 5. The Labute approximate surface area is 117 Å². The van der Waals surface area contributed by atoms with E-state index in [9.17, 15) is 9.59 Å². The first-order valence-electron chi connectivity index (χ1n) is 6.33. The van der Waals surface area contributed by atoms with E-state index in [1.807, 2.05) is 6.92 Å². The maximum Gasteiger partial charge on any atom is 0.272 e. The molecule has 0 saturated heterocycles. The van der Waals surface area contributed by atoms with Crippen LogP contribution in [0.15, 0.2) is 36.5 Å². The van der Waals surface area contributed by atoms with Crippen molar-refractivity contribution < 1.29 is 14.3 Å². The molecule has 2 N–H and O–H groups in total. The van der Waals surface area contributed by atoms with Crippen molar-refractivity contribution in [1.82, 2.24) is 4.98 Å². The number of aromatic amines is 1. The number of ether oxygens (including phenoxy) is 1. The van der Waals surface area contributed by atoms with Crippen molar-refractivity contribution in [2.45, 2.75) is 13.8 Å².